The smallest absolute Gasteiger partial charge is 0.408 e. The van der Waals surface area contributed by atoms with Gasteiger partial charge in [-0.15, -0.1) is 0 Å². The summed E-state index contributed by atoms with van der Waals surface area (Å²) in [6.45, 7) is 3.59. The Morgan fingerprint density at radius 2 is 1.92 bits per heavy atom. The molecule has 1 nitrogen and oxygen atoms in total. The molecule has 0 aromatic heterocycles. The second-order valence-corrected chi connectivity index (χ2v) is 2.70. The van der Waals surface area contributed by atoms with Crippen molar-refractivity contribution in [2.24, 2.45) is 0 Å². The predicted molar refractivity (Wildman–Crippen MR) is 50.7 cm³/mol. The van der Waals surface area contributed by atoms with Crippen LogP contribution in [0.4, 0.5) is 0 Å². The summed E-state index contributed by atoms with van der Waals surface area (Å²) in [5, 5.41) is 0. The summed E-state index contributed by atoms with van der Waals surface area (Å²) in [5.41, 5.74) is 1.24. The molecule has 2 heteroatoms. The zero-order valence-corrected chi connectivity index (χ0v) is 8.49. The van der Waals surface area contributed by atoms with E-state index in [2.05, 4.69) is 25.5 Å². The van der Waals surface area contributed by atoms with Crippen molar-refractivity contribution in [3.63, 3.8) is 0 Å². The van der Waals surface area contributed by atoms with E-state index in [0.717, 1.165) is 19.6 Å². The number of hydrogen-bond donors (Lipinski definition) is 0. The van der Waals surface area contributed by atoms with Crippen molar-refractivity contribution in [1.29, 1.82) is 0 Å². The van der Waals surface area contributed by atoms with Crippen LogP contribution in [0.5, 0.6) is 0 Å². The van der Waals surface area contributed by atoms with Crippen LogP contribution in [-0.2, 0) is 11.3 Å². The van der Waals surface area contributed by atoms with E-state index in [1.807, 2.05) is 18.2 Å². The summed E-state index contributed by atoms with van der Waals surface area (Å²) in [6.07, 6.45) is 3.21. The van der Waals surface area contributed by atoms with Gasteiger partial charge in [-0.25, -0.2) is 0 Å². The maximum absolute atomic E-state index is 5.40. The average molecular weight is 170 g/mol. The molecule has 0 atom stereocenters. The van der Waals surface area contributed by atoms with Crippen LogP contribution < -0.4 is 18.9 Å². The fourth-order valence-electron chi connectivity index (χ4n) is 0.952. The summed E-state index contributed by atoms with van der Waals surface area (Å²) in [4.78, 5) is 0. The van der Waals surface area contributed by atoms with Crippen molar-refractivity contribution in [3.8, 4) is 0 Å². The van der Waals surface area contributed by atoms with E-state index in [9.17, 15) is 0 Å². The fraction of sp³-hybridized carbons (Fsp3) is 0.364. The third-order valence-electron chi connectivity index (χ3n) is 1.64. The second-order valence-electron chi connectivity index (χ2n) is 2.70. The van der Waals surface area contributed by atoms with Crippen molar-refractivity contribution in [2.75, 3.05) is 6.61 Å². The van der Waals surface area contributed by atoms with Gasteiger partial charge in [0.25, 0.3) is 0 Å². The van der Waals surface area contributed by atoms with Gasteiger partial charge in [0.15, 0.2) is 0 Å². The molecule has 1 aromatic carbocycles. The van der Waals surface area contributed by atoms with Crippen LogP contribution >= 0.6 is 0 Å². The molecule has 0 radical (unpaired) electrons. The number of hydrogen-bond acceptors (Lipinski definition) is 1. The van der Waals surface area contributed by atoms with Gasteiger partial charge >= 0.3 is 18.9 Å². The normalized spacial score (nSPS) is 9.31. The van der Waals surface area contributed by atoms with Crippen LogP contribution in [0.25, 0.3) is 0 Å². The molecule has 0 aliphatic heterocycles. The minimum Gasteiger partial charge on any atom is -0.408 e. The van der Waals surface area contributed by atoms with Gasteiger partial charge < -0.3 is 11.2 Å². The fourth-order valence-corrected chi connectivity index (χ4v) is 0.952. The van der Waals surface area contributed by atoms with E-state index in [0.29, 0.717) is 0 Å². The minimum atomic E-state index is 0. The Labute approximate surface area is 92.7 Å². The summed E-state index contributed by atoms with van der Waals surface area (Å²) in [5.74, 6) is 0. The number of ether oxygens (including phenoxy) is 1. The molecular weight excluding hydrogens is 155 g/mol. The average Bonchev–Trinajstić information content (AvgIpc) is 2.14. The van der Waals surface area contributed by atoms with E-state index in [4.69, 9.17) is 4.74 Å². The molecule has 0 spiro atoms. The monoisotopic (exact) mass is 170 g/mol. The van der Waals surface area contributed by atoms with Crippen molar-refractivity contribution < 1.29 is 23.6 Å². The largest absolute Gasteiger partial charge is 1.00 e. The second kappa shape index (κ2) is 8.38. The maximum atomic E-state index is 5.40. The van der Waals surface area contributed by atoms with Crippen molar-refractivity contribution in [1.82, 2.24) is 0 Å². The Kier molecular flexibility index (Phi) is 8.24. The predicted octanol–water partition coefficient (Wildman–Crippen LogP) is -0.179. The molecule has 0 fully saturated rings. The molecule has 0 saturated heterocycles. The topological polar surface area (TPSA) is 9.23 Å². The number of rotatable bonds is 5. The van der Waals surface area contributed by atoms with E-state index in [1.165, 1.54) is 5.56 Å². The van der Waals surface area contributed by atoms with Crippen LogP contribution in [0.15, 0.2) is 30.3 Å². The Morgan fingerprint density at radius 1 is 1.23 bits per heavy atom. The molecule has 0 unspecified atom stereocenters. The molecule has 66 valence electrons. The first-order chi connectivity index (χ1) is 5.93. The van der Waals surface area contributed by atoms with Gasteiger partial charge in [-0.05, 0) is 5.56 Å². The first-order valence-electron chi connectivity index (χ1n) is 4.37. The summed E-state index contributed by atoms with van der Waals surface area (Å²) in [6, 6.07) is 10.2. The number of unbranched alkanes of at least 4 members (excludes halogenated alkanes) is 1. The molecule has 0 bridgehead atoms. The zero-order valence-electron chi connectivity index (χ0n) is 8.49. The molecule has 0 aliphatic carbocycles. The molecule has 0 amide bonds. The Morgan fingerprint density at radius 3 is 2.54 bits per heavy atom. The first-order valence-corrected chi connectivity index (χ1v) is 4.37. The minimum absolute atomic E-state index is 0. The molecule has 0 heterocycles. The SMILES string of the molecule is CC[CH-]COCc1ccccc1.[Li+]. The van der Waals surface area contributed by atoms with Crippen LogP contribution in [-0.4, -0.2) is 6.61 Å². The third kappa shape index (κ3) is 5.93. The van der Waals surface area contributed by atoms with E-state index >= 15 is 0 Å². The number of benzene rings is 1. The van der Waals surface area contributed by atoms with Gasteiger partial charge in [0.2, 0.25) is 0 Å². The maximum Gasteiger partial charge on any atom is 1.00 e. The molecule has 1 rings (SSSR count). The Balaban J connectivity index is 0.00000144. The van der Waals surface area contributed by atoms with Crippen LogP contribution in [0, 0.1) is 6.42 Å². The van der Waals surface area contributed by atoms with Crippen molar-refractivity contribution in [3.05, 3.63) is 42.3 Å². The van der Waals surface area contributed by atoms with Gasteiger partial charge in [0, 0.05) is 0 Å². The van der Waals surface area contributed by atoms with Crippen molar-refractivity contribution >= 4 is 0 Å². The first kappa shape index (κ1) is 12.8. The summed E-state index contributed by atoms with van der Waals surface area (Å²) in [7, 11) is 0. The molecule has 0 N–H and O–H groups in total. The Hall–Kier alpha value is -0.223. The molecule has 0 saturated carbocycles. The third-order valence-corrected chi connectivity index (χ3v) is 1.64. The molecular formula is C11H15LiO. The van der Waals surface area contributed by atoms with E-state index in [1.54, 1.807) is 0 Å². The van der Waals surface area contributed by atoms with Crippen LogP contribution in [0.1, 0.15) is 18.9 Å². The summed E-state index contributed by atoms with van der Waals surface area (Å²) < 4.78 is 5.40. The van der Waals surface area contributed by atoms with Crippen LogP contribution in [0.3, 0.4) is 0 Å². The molecule has 13 heavy (non-hydrogen) atoms. The molecule has 0 aliphatic rings. The Bertz CT molecular complexity index is 199. The van der Waals surface area contributed by atoms with E-state index < -0.39 is 0 Å². The van der Waals surface area contributed by atoms with Crippen LogP contribution in [0.2, 0.25) is 0 Å². The molecule has 1 aromatic rings. The van der Waals surface area contributed by atoms with Gasteiger partial charge in [0.05, 0.1) is 6.61 Å². The van der Waals surface area contributed by atoms with Gasteiger partial charge in [-0.1, -0.05) is 43.9 Å². The van der Waals surface area contributed by atoms with Crippen molar-refractivity contribution in [2.45, 2.75) is 20.0 Å². The standard InChI is InChI=1S/C11H15O.Li/c1-2-3-9-12-10-11-7-5-4-6-8-11;/h3-8H,2,9-10H2,1H3;/q-1;+1. The zero-order chi connectivity index (χ0) is 8.65. The van der Waals surface area contributed by atoms with Gasteiger partial charge in [-0.3, -0.25) is 0 Å². The quantitative estimate of drug-likeness (QED) is 0.338. The van der Waals surface area contributed by atoms with Gasteiger partial charge in [-0.2, -0.15) is 6.42 Å². The van der Waals surface area contributed by atoms with E-state index in [-0.39, 0.29) is 18.9 Å². The summed E-state index contributed by atoms with van der Waals surface area (Å²) >= 11 is 0. The van der Waals surface area contributed by atoms with Gasteiger partial charge in [0.1, 0.15) is 0 Å².